The first kappa shape index (κ1) is 14.9. The summed E-state index contributed by atoms with van der Waals surface area (Å²) < 4.78 is 6.00. The fourth-order valence-electron chi connectivity index (χ4n) is 2.89. The van der Waals surface area contributed by atoms with Crippen LogP contribution in [0, 0.1) is 0 Å². The van der Waals surface area contributed by atoms with Crippen LogP contribution in [0.1, 0.15) is 33.3 Å². The Morgan fingerprint density at radius 1 is 1.15 bits per heavy atom. The van der Waals surface area contributed by atoms with Gasteiger partial charge in [-0.2, -0.15) is 0 Å². The maximum atomic E-state index is 12.5. The van der Waals surface area contributed by atoms with Crippen molar-refractivity contribution in [3.05, 3.63) is 29.8 Å². The van der Waals surface area contributed by atoms with E-state index >= 15 is 0 Å². The van der Waals surface area contributed by atoms with Crippen molar-refractivity contribution in [3.8, 4) is 0 Å². The standard InChI is InChI=1S/C16H24N2O2/c1-15(2)10-18(11-16(3,4)20-15)14(19)9-12-5-7-13(17)8-6-12/h5-8H,9-11,17H2,1-4H3. The van der Waals surface area contributed by atoms with Gasteiger partial charge in [0, 0.05) is 18.8 Å². The summed E-state index contributed by atoms with van der Waals surface area (Å²) in [5.74, 6) is 0.138. The van der Waals surface area contributed by atoms with Gasteiger partial charge in [-0.1, -0.05) is 12.1 Å². The Bertz CT molecular complexity index is 476. The van der Waals surface area contributed by atoms with E-state index in [1.165, 1.54) is 0 Å². The average molecular weight is 276 g/mol. The Hall–Kier alpha value is -1.55. The van der Waals surface area contributed by atoms with Crippen molar-refractivity contribution in [3.63, 3.8) is 0 Å². The molecule has 0 saturated carbocycles. The lowest BCUT2D eigenvalue weighted by Crippen LogP contribution is -2.58. The minimum atomic E-state index is -0.307. The number of hydrogen-bond acceptors (Lipinski definition) is 3. The molecule has 0 radical (unpaired) electrons. The molecule has 1 aromatic carbocycles. The largest absolute Gasteiger partial charge is 0.399 e. The molecular weight excluding hydrogens is 252 g/mol. The molecule has 1 saturated heterocycles. The SMILES string of the molecule is CC1(C)CN(C(=O)Cc2ccc(N)cc2)CC(C)(C)O1. The van der Waals surface area contributed by atoms with Crippen LogP contribution in [0.15, 0.2) is 24.3 Å². The number of rotatable bonds is 2. The van der Waals surface area contributed by atoms with Crippen molar-refractivity contribution >= 4 is 11.6 Å². The third kappa shape index (κ3) is 3.73. The van der Waals surface area contributed by atoms with Crippen LogP contribution in [0.3, 0.4) is 0 Å². The van der Waals surface area contributed by atoms with Gasteiger partial charge in [-0.3, -0.25) is 4.79 Å². The molecule has 1 heterocycles. The molecule has 4 nitrogen and oxygen atoms in total. The van der Waals surface area contributed by atoms with E-state index in [2.05, 4.69) is 0 Å². The normalized spacial score (nSPS) is 20.7. The summed E-state index contributed by atoms with van der Waals surface area (Å²) >= 11 is 0. The van der Waals surface area contributed by atoms with Crippen LogP contribution in [-0.4, -0.2) is 35.1 Å². The number of ether oxygens (including phenoxy) is 1. The smallest absolute Gasteiger partial charge is 0.227 e. The van der Waals surface area contributed by atoms with Crippen LogP contribution >= 0.6 is 0 Å². The monoisotopic (exact) mass is 276 g/mol. The van der Waals surface area contributed by atoms with Gasteiger partial charge >= 0.3 is 0 Å². The molecule has 1 aliphatic heterocycles. The summed E-state index contributed by atoms with van der Waals surface area (Å²) in [4.78, 5) is 14.4. The van der Waals surface area contributed by atoms with Crippen LogP contribution in [0.2, 0.25) is 0 Å². The molecule has 110 valence electrons. The van der Waals surface area contributed by atoms with Gasteiger partial charge in [0.2, 0.25) is 5.91 Å². The van der Waals surface area contributed by atoms with E-state index < -0.39 is 0 Å². The average Bonchev–Trinajstić information content (AvgIpc) is 2.28. The first-order valence-corrected chi connectivity index (χ1v) is 6.99. The predicted octanol–water partition coefficient (Wildman–Crippen LogP) is 2.23. The Kier molecular flexibility index (Phi) is 3.78. The van der Waals surface area contributed by atoms with E-state index in [9.17, 15) is 4.79 Å². The number of morpholine rings is 1. The zero-order valence-corrected chi connectivity index (χ0v) is 12.8. The lowest BCUT2D eigenvalue weighted by atomic mass is 9.98. The highest BCUT2D eigenvalue weighted by Crippen LogP contribution is 2.28. The first-order valence-electron chi connectivity index (χ1n) is 6.99. The molecule has 2 N–H and O–H groups in total. The van der Waals surface area contributed by atoms with Gasteiger partial charge < -0.3 is 15.4 Å². The third-order valence-corrected chi connectivity index (χ3v) is 3.38. The number of carbonyl (C=O) groups excluding carboxylic acids is 1. The number of nitrogens with zero attached hydrogens (tertiary/aromatic N) is 1. The number of carbonyl (C=O) groups is 1. The highest BCUT2D eigenvalue weighted by Gasteiger charge is 2.39. The number of amides is 1. The molecule has 20 heavy (non-hydrogen) atoms. The predicted molar refractivity (Wildman–Crippen MR) is 80.4 cm³/mol. The van der Waals surface area contributed by atoms with Gasteiger partial charge in [0.1, 0.15) is 0 Å². The number of benzene rings is 1. The van der Waals surface area contributed by atoms with Gasteiger partial charge in [0.15, 0.2) is 0 Å². The van der Waals surface area contributed by atoms with E-state index in [-0.39, 0.29) is 17.1 Å². The molecule has 0 atom stereocenters. The van der Waals surface area contributed by atoms with Gasteiger partial charge in [-0.05, 0) is 45.4 Å². The van der Waals surface area contributed by atoms with Crippen molar-refractivity contribution in [1.82, 2.24) is 4.90 Å². The van der Waals surface area contributed by atoms with E-state index in [0.29, 0.717) is 19.5 Å². The second-order valence-corrected chi connectivity index (χ2v) is 6.79. The fraction of sp³-hybridized carbons (Fsp3) is 0.562. The number of nitrogens with two attached hydrogens (primary N) is 1. The first-order chi connectivity index (χ1) is 9.17. The van der Waals surface area contributed by atoms with E-state index in [4.69, 9.17) is 10.5 Å². The van der Waals surface area contributed by atoms with Gasteiger partial charge in [0.25, 0.3) is 0 Å². The van der Waals surface area contributed by atoms with E-state index in [1.54, 1.807) is 0 Å². The van der Waals surface area contributed by atoms with E-state index in [0.717, 1.165) is 11.3 Å². The van der Waals surface area contributed by atoms with Crippen molar-refractivity contribution in [1.29, 1.82) is 0 Å². The Labute approximate surface area is 120 Å². The molecule has 4 heteroatoms. The summed E-state index contributed by atoms with van der Waals surface area (Å²) in [6, 6.07) is 7.47. The Morgan fingerprint density at radius 2 is 1.65 bits per heavy atom. The molecule has 1 fully saturated rings. The summed E-state index contributed by atoms with van der Waals surface area (Å²) in [5, 5.41) is 0. The molecule has 0 aromatic heterocycles. The third-order valence-electron chi connectivity index (χ3n) is 3.38. The lowest BCUT2D eigenvalue weighted by Gasteiger charge is -2.47. The maximum absolute atomic E-state index is 12.5. The summed E-state index contributed by atoms with van der Waals surface area (Å²) in [6.07, 6.45) is 0.409. The molecule has 2 rings (SSSR count). The Morgan fingerprint density at radius 3 is 2.15 bits per heavy atom. The minimum absolute atomic E-state index is 0.138. The van der Waals surface area contributed by atoms with E-state index in [1.807, 2.05) is 56.9 Å². The topological polar surface area (TPSA) is 55.6 Å². The molecule has 0 spiro atoms. The summed E-state index contributed by atoms with van der Waals surface area (Å²) in [6.45, 7) is 9.36. The van der Waals surface area contributed by atoms with Crippen LogP contribution in [0.5, 0.6) is 0 Å². The fourth-order valence-corrected chi connectivity index (χ4v) is 2.89. The molecule has 0 aliphatic carbocycles. The molecule has 0 unspecified atom stereocenters. The highest BCUT2D eigenvalue weighted by atomic mass is 16.5. The van der Waals surface area contributed by atoms with Gasteiger partial charge in [-0.25, -0.2) is 0 Å². The molecule has 1 aromatic rings. The summed E-state index contributed by atoms with van der Waals surface area (Å²) in [7, 11) is 0. The van der Waals surface area contributed by atoms with Crippen LogP contribution in [0.4, 0.5) is 5.69 Å². The molecular formula is C16H24N2O2. The second-order valence-electron chi connectivity index (χ2n) is 6.79. The van der Waals surface area contributed by atoms with Crippen LogP contribution in [0.25, 0.3) is 0 Å². The zero-order valence-electron chi connectivity index (χ0n) is 12.8. The van der Waals surface area contributed by atoms with Crippen molar-refractivity contribution < 1.29 is 9.53 Å². The lowest BCUT2D eigenvalue weighted by molar-refractivity contribution is -0.187. The number of anilines is 1. The van der Waals surface area contributed by atoms with Crippen LogP contribution in [-0.2, 0) is 16.0 Å². The second kappa shape index (κ2) is 5.09. The van der Waals surface area contributed by atoms with Crippen molar-refractivity contribution in [2.24, 2.45) is 0 Å². The molecule has 1 amide bonds. The molecule has 1 aliphatic rings. The van der Waals surface area contributed by atoms with Gasteiger partial charge in [0.05, 0.1) is 17.6 Å². The highest BCUT2D eigenvalue weighted by molar-refractivity contribution is 5.79. The summed E-state index contributed by atoms with van der Waals surface area (Å²) in [5.41, 5.74) is 6.75. The Balaban J connectivity index is 2.07. The minimum Gasteiger partial charge on any atom is -0.399 e. The van der Waals surface area contributed by atoms with Crippen LogP contribution < -0.4 is 5.73 Å². The molecule has 0 bridgehead atoms. The number of nitrogen functional groups attached to an aromatic ring is 1. The van der Waals surface area contributed by atoms with Gasteiger partial charge in [-0.15, -0.1) is 0 Å². The van der Waals surface area contributed by atoms with Crippen molar-refractivity contribution in [2.75, 3.05) is 18.8 Å². The zero-order chi connectivity index (χ0) is 15.0. The maximum Gasteiger partial charge on any atom is 0.227 e. The quantitative estimate of drug-likeness (QED) is 0.843. The number of hydrogen-bond donors (Lipinski definition) is 1. The van der Waals surface area contributed by atoms with Crippen molar-refractivity contribution in [2.45, 2.75) is 45.3 Å².